The molecule has 0 bridgehead atoms. The molecule has 1 aromatic heterocycles. The zero-order valence-electron chi connectivity index (χ0n) is 9.58. The summed E-state index contributed by atoms with van der Waals surface area (Å²) in [6.45, 7) is 0. The molecule has 18 heavy (non-hydrogen) atoms. The summed E-state index contributed by atoms with van der Waals surface area (Å²) in [5.41, 5.74) is 9.07. The molecule has 0 saturated carbocycles. The summed E-state index contributed by atoms with van der Waals surface area (Å²) >= 11 is 9.46. The fourth-order valence-electron chi connectivity index (χ4n) is 2.23. The third-order valence-corrected chi connectivity index (χ3v) is 4.38. The minimum Gasteiger partial charge on any atom is -0.383 e. The highest BCUT2D eigenvalue weighted by Crippen LogP contribution is 2.30. The van der Waals surface area contributed by atoms with Crippen LogP contribution in [0.25, 0.3) is 11.4 Å². The van der Waals surface area contributed by atoms with Crippen LogP contribution in [0.2, 0.25) is 5.02 Å². The highest BCUT2D eigenvalue weighted by molar-refractivity contribution is 9.10. The van der Waals surface area contributed by atoms with Gasteiger partial charge in [-0.15, -0.1) is 0 Å². The van der Waals surface area contributed by atoms with Gasteiger partial charge in [0, 0.05) is 21.3 Å². The molecule has 0 unspecified atom stereocenters. The Morgan fingerprint density at radius 1 is 1.22 bits per heavy atom. The summed E-state index contributed by atoms with van der Waals surface area (Å²) in [7, 11) is 0. The lowest BCUT2D eigenvalue weighted by Gasteiger charge is -2.07. The molecule has 1 aromatic carbocycles. The highest BCUT2D eigenvalue weighted by atomic mass is 79.9. The normalized spacial score (nSPS) is 13.7. The quantitative estimate of drug-likeness (QED) is 0.871. The van der Waals surface area contributed by atoms with E-state index in [9.17, 15) is 0 Å². The van der Waals surface area contributed by atoms with Gasteiger partial charge in [0.2, 0.25) is 0 Å². The molecule has 92 valence electrons. The molecule has 3 nitrogen and oxygen atoms in total. The van der Waals surface area contributed by atoms with E-state index in [0.717, 1.165) is 40.6 Å². The van der Waals surface area contributed by atoms with Crippen molar-refractivity contribution >= 4 is 33.3 Å². The lowest BCUT2D eigenvalue weighted by atomic mass is 10.2. The smallest absolute Gasteiger partial charge is 0.161 e. The van der Waals surface area contributed by atoms with E-state index in [2.05, 4.69) is 25.9 Å². The molecule has 0 atom stereocenters. The van der Waals surface area contributed by atoms with Crippen LogP contribution in [0.5, 0.6) is 0 Å². The molecular formula is C13H11BrClN3. The summed E-state index contributed by atoms with van der Waals surface area (Å²) in [4.78, 5) is 8.97. The molecule has 1 heterocycles. The Kier molecular flexibility index (Phi) is 2.99. The number of nitrogens with zero attached hydrogens (tertiary/aromatic N) is 2. The number of nitrogens with two attached hydrogens (primary N) is 1. The second kappa shape index (κ2) is 4.52. The van der Waals surface area contributed by atoms with E-state index < -0.39 is 0 Å². The van der Waals surface area contributed by atoms with E-state index >= 15 is 0 Å². The van der Waals surface area contributed by atoms with Crippen molar-refractivity contribution < 1.29 is 0 Å². The van der Waals surface area contributed by atoms with Crippen LogP contribution in [0.15, 0.2) is 22.7 Å². The van der Waals surface area contributed by atoms with Crippen LogP contribution in [0.4, 0.5) is 5.82 Å². The fraction of sp³-hybridized carbons (Fsp3) is 0.231. The third kappa shape index (κ3) is 1.99. The third-order valence-electron chi connectivity index (χ3n) is 3.14. The van der Waals surface area contributed by atoms with Crippen LogP contribution in [0, 0.1) is 0 Å². The maximum atomic E-state index is 6.09. The maximum absolute atomic E-state index is 6.09. The van der Waals surface area contributed by atoms with Gasteiger partial charge in [-0.3, -0.25) is 0 Å². The standard InChI is InChI=1S/C13H11BrClN3/c14-9-5-4-7(6-10(9)15)13-17-11-3-1-2-8(11)12(16)18-13/h4-6H,1-3H2,(H2,16,17,18). The van der Waals surface area contributed by atoms with Gasteiger partial charge < -0.3 is 5.73 Å². The van der Waals surface area contributed by atoms with Crippen molar-refractivity contribution in [3.05, 3.63) is 39.0 Å². The SMILES string of the molecule is Nc1nc(-c2ccc(Br)c(Cl)c2)nc2c1CCC2. The van der Waals surface area contributed by atoms with E-state index in [1.165, 1.54) is 0 Å². The lowest BCUT2D eigenvalue weighted by molar-refractivity contribution is 0.900. The average Bonchev–Trinajstić information content (AvgIpc) is 2.81. The zero-order valence-corrected chi connectivity index (χ0v) is 11.9. The minimum absolute atomic E-state index is 0.603. The lowest BCUT2D eigenvalue weighted by Crippen LogP contribution is -2.02. The Labute approximate surface area is 119 Å². The van der Waals surface area contributed by atoms with Crippen LogP contribution >= 0.6 is 27.5 Å². The molecule has 1 aliphatic rings. The Bertz CT molecular complexity index is 628. The molecule has 3 rings (SSSR count). The zero-order chi connectivity index (χ0) is 12.7. The summed E-state index contributed by atoms with van der Waals surface area (Å²) in [5, 5.41) is 0.648. The number of halogens is 2. The van der Waals surface area contributed by atoms with Crippen molar-refractivity contribution in [2.45, 2.75) is 19.3 Å². The van der Waals surface area contributed by atoms with Gasteiger partial charge in [-0.05, 0) is 53.4 Å². The molecule has 1 aliphatic carbocycles. The second-order valence-electron chi connectivity index (χ2n) is 4.34. The van der Waals surface area contributed by atoms with Gasteiger partial charge in [-0.25, -0.2) is 9.97 Å². The second-order valence-corrected chi connectivity index (χ2v) is 5.60. The summed E-state index contributed by atoms with van der Waals surface area (Å²) in [6.07, 6.45) is 3.08. The number of rotatable bonds is 1. The Morgan fingerprint density at radius 3 is 2.83 bits per heavy atom. The van der Waals surface area contributed by atoms with Gasteiger partial charge in [-0.1, -0.05) is 11.6 Å². The van der Waals surface area contributed by atoms with Gasteiger partial charge in [0.25, 0.3) is 0 Å². The first-order valence-corrected chi connectivity index (χ1v) is 6.93. The molecule has 5 heteroatoms. The van der Waals surface area contributed by atoms with Gasteiger partial charge in [0.1, 0.15) is 5.82 Å². The van der Waals surface area contributed by atoms with Gasteiger partial charge in [0.05, 0.1) is 5.02 Å². The fourth-order valence-corrected chi connectivity index (χ4v) is 2.65. The van der Waals surface area contributed by atoms with E-state index in [0.29, 0.717) is 16.7 Å². The van der Waals surface area contributed by atoms with Crippen molar-refractivity contribution in [2.24, 2.45) is 0 Å². The predicted octanol–water partition coefficient (Wildman–Crippen LogP) is 3.63. The van der Waals surface area contributed by atoms with E-state index in [1.54, 1.807) is 0 Å². The molecule has 2 N–H and O–H groups in total. The van der Waals surface area contributed by atoms with Crippen molar-refractivity contribution in [3.8, 4) is 11.4 Å². The largest absolute Gasteiger partial charge is 0.383 e. The molecule has 0 radical (unpaired) electrons. The maximum Gasteiger partial charge on any atom is 0.161 e. The molecular weight excluding hydrogens is 314 g/mol. The van der Waals surface area contributed by atoms with E-state index in [-0.39, 0.29) is 0 Å². The minimum atomic E-state index is 0.603. The monoisotopic (exact) mass is 323 g/mol. The topological polar surface area (TPSA) is 51.8 Å². The molecule has 0 amide bonds. The highest BCUT2D eigenvalue weighted by Gasteiger charge is 2.18. The van der Waals surface area contributed by atoms with Gasteiger partial charge >= 0.3 is 0 Å². The number of aryl methyl sites for hydroxylation is 1. The first-order valence-electron chi connectivity index (χ1n) is 5.76. The summed E-state index contributed by atoms with van der Waals surface area (Å²) in [6, 6.07) is 5.68. The van der Waals surface area contributed by atoms with Crippen molar-refractivity contribution in [1.29, 1.82) is 0 Å². The van der Waals surface area contributed by atoms with Crippen LogP contribution in [-0.2, 0) is 12.8 Å². The number of anilines is 1. The Balaban J connectivity index is 2.12. The number of benzene rings is 1. The number of aromatic nitrogens is 2. The van der Waals surface area contributed by atoms with Crippen molar-refractivity contribution in [3.63, 3.8) is 0 Å². The number of fused-ring (bicyclic) bond motifs is 1. The van der Waals surface area contributed by atoms with Crippen molar-refractivity contribution in [2.75, 3.05) is 5.73 Å². The van der Waals surface area contributed by atoms with Gasteiger partial charge in [0.15, 0.2) is 5.82 Å². The van der Waals surface area contributed by atoms with Crippen LogP contribution in [0.1, 0.15) is 17.7 Å². The Hall–Kier alpha value is -1.13. The Morgan fingerprint density at radius 2 is 2.06 bits per heavy atom. The van der Waals surface area contributed by atoms with Crippen LogP contribution < -0.4 is 5.73 Å². The first kappa shape index (κ1) is 11.9. The number of hydrogen-bond donors (Lipinski definition) is 1. The molecule has 0 saturated heterocycles. The first-order chi connectivity index (χ1) is 8.65. The van der Waals surface area contributed by atoms with E-state index in [4.69, 9.17) is 17.3 Å². The molecule has 2 aromatic rings. The van der Waals surface area contributed by atoms with Crippen molar-refractivity contribution in [1.82, 2.24) is 9.97 Å². The number of nitrogen functional groups attached to an aromatic ring is 1. The van der Waals surface area contributed by atoms with Crippen LogP contribution in [0.3, 0.4) is 0 Å². The molecule has 0 fully saturated rings. The molecule has 0 aliphatic heterocycles. The number of hydrogen-bond acceptors (Lipinski definition) is 3. The average molecular weight is 325 g/mol. The van der Waals surface area contributed by atoms with E-state index in [1.807, 2.05) is 18.2 Å². The predicted molar refractivity (Wildman–Crippen MR) is 76.6 cm³/mol. The summed E-state index contributed by atoms with van der Waals surface area (Å²) < 4.78 is 0.863. The van der Waals surface area contributed by atoms with Crippen LogP contribution in [-0.4, -0.2) is 9.97 Å². The van der Waals surface area contributed by atoms with Gasteiger partial charge in [-0.2, -0.15) is 0 Å². The summed E-state index contributed by atoms with van der Waals surface area (Å²) in [5.74, 6) is 1.26. The molecule has 0 spiro atoms.